The van der Waals surface area contributed by atoms with Crippen LogP contribution in [0.25, 0.3) is 44.1 Å². The van der Waals surface area contributed by atoms with Gasteiger partial charge < -0.3 is 21.4 Å². The number of hydrogen-bond acceptors (Lipinski definition) is 4. The number of fused-ring (bicyclic) bond motifs is 2. The summed E-state index contributed by atoms with van der Waals surface area (Å²) in [5.74, 6) is 1.63. The molecule has 6 N–H and O–H groups in total. The number of benzene rings is 3. The lowest BCUT2D eigenvalue weighted by atomic mass is 9.87. The van der Waals surface area contributed by atoms with Crippen molar-refractivity contribution in [1.82, 2.24) is 19.9 Å². The number of hydrogen-bond donors (Lipinski definition) is 4. The van der Waals surface area contributed by atoms with Gasteiger partial charge in [-0.1, -0.05) is 65.8 Å². The third kappa shape index (κ3) is 4.54. The molecule has 0 aliphatic heterocycles. The average Bonchev–Trinajstić information content (AvgIpc) is 3.50. The second-order valence-corrected chi connectivity index (χ2v) is 12.0. The topological polar surface area (TPSA) is 109 Å². The summed E-state index contributed by atoms with van der Waals surface area (Å²) >= 11 is 0. The summed E-state index contributed by atoms with van der Waals surface area (Å²) < 4.78 is 0. The van der Waals surface area contributed by atoms with Crippen LogP contribution in [0.2, 0.25) is 0 Å². The van der Waals surface area contributed by atoms with Gasteiger partial charge >= 0.3 is 0 Å². The Labute approximate surface area is 212 Å². The standard InChI is InChI=1S/C30H36N6/c1-29(2,3)25(31)27-33-15-23(35-27)19-9-7-17-12-22-14-20(10-8-18(22)11-21(17)13-19)24-16-34-28(36-24)26(32)30(4,5)6/h7-16,25-26H,31-32H2,1-6H3,(H,33,35)(H,34,36). The molecule has 6 nitrogen and oxygen atoms in total. The number of rotatable bonds is 4. The zero-order valence-electron chi connectivity index (χ0n) is 22.0. The number of nitrogens with zero attached hydrogens (tertiary/aromatic N) is 2. The molecule has 186 valence electrons. The molecule has 0 spiro atoms. The van der Waals surface area contributed by atoms with Crippen molar-refractivity contribution in [3.8, 4) is 22.5 Å². The quantitative estimate of drug-likeness (QED) is 0.210. The first-order valence-corrected chi connectivity index (χ1v) is 12.5. The summed E-state index contributed by atoms with van der Waals surface area (Å²) in [6, 6.07) is 17.2. The van der Waals surface area contributed by atoms with Crippen molar-refractivity contribution in [2.45, 2.75) is 53.6 Å². The lowest BCUT2D eigenvalue weighted by Gasteiger charge is -2.25. The van der Waals surface area contributed by atoms with Gasteiger partial charge in [0.1, 0.15) is 11.6 Å². The average molecular weight is 481 g/mol. The zero-order chi connectivity index (χ0) is 25.8. The molecule has 0 aliphatic rings. The van der Waals surface area contributed by atoms with E-state index in [1.165, 1.54) is 21.5 Å². The third-order valence-corrected chi connectivity index (χ3v) is 7.06. The van der Waals surface area contributed by atoms with Gasteiger partial charge in [0.25, 0.3) is 0 Å². The molecule has 3 aromatic carbocycles. The first-order chi connectivity index (χ1) is 16.9. The van der Waals surface area contributed by atoms with Crippen LogP contribution in [0.1, 0.15) is 65.3 Å². The summed E-state index contributed by atoms with van der Waals surface area (Å²) in [6.07, 6.45) is 3.75. The summed E-state index contributed by atoms with van der Waals surface area (Å²) in [7, 11) is 0. The van der Waals surface area contributed by atoms with Gasteiger partial charge in [0, 0.05) is 11.1 Å². The molecule has 0 aliphatic carbocycles. The molecule has 0 saturated carbocycles. The Bertz CT molecular complexity index is 1430. The molecule has 2 heterocycles. The minimum atomic E-state index is -0.153. The molecule has 0 saturated heterocycles. The molecule has 2 atom stereocenters. The molecule has 2 unspecified atom stereocenters. The highest BCUT2D eigenvalue weighted by Crippen LogP contribution is 2.33. The monoisotopic (exact) mass is 480 g/mol. The summed E-state index contributed by atoms with van der Waals surface area (Å²) in [4.78, 5) is 16.0. The molecule has 2 aromatic heterocycles. The molecule has 36 heavy (non-hydrogen) atoms. The predicted molar refractivity (Wildman–Crippen MR) is 149 cm³/mol. The maximum atomic E-state index is 6.40. The molecule has 0 bridgehead atoms. The first-order valence-electron chi connectivity index (χ1n) is 12.5. The van der Waals surface area contributed by atoms with Crippen LogP contribution in [-0.4, -0.2) is 19.9 Å². The third-order valence-electron chi connectivity index (χ3n) is 7.06. The summed E-state index contributed by atoms with van der Waals surface area (Å²) in [6.45, 7) is 12.7. The van der Waals surface area contributed by atoms with E-state index in [0.29, 0.717) is 0 Å². The lowest BCUT2D eigenvalue weighted by molar-refractivity contribution is 0.316. The molecule has 0 amide bonds. The Morgan fingerprint density at radius 3 is 1.33 bits per heavy atom. The summed E-state index contributed by atoms with van der Waals surface area (Å²) in [5, 5.41) is 4.75. The zero-order valence-corrected chi connectivity index (χ0v) is 22.0. The maximum absolute atomic E-state index is 6.40. The number of aromatic amines is 2. The van der Waals surface area contributed by atoms with Crippen LogP contribution in [0.4, 0.5) is 0 Å². The van der Waals surface area contributed by atoms with Crippen LogP contribution in [0.15, 0.2) is 60.9 Å². The largest absolute Gasteiger partial charge is 0.341 e. The van der Waals surface area contributed by atoms with E-state index in [4.69, 9.17) is 11.5 Å². The van der Waals surface area contributed by atoms with E-state index in [0.717, 1.165) is 34.2 Å². The van der Waals surface area contributed by atoms with Crippen molar-refractivity contribution in [1.29, 1.82) is 0 Å². The van der Waals surface area contributed by atoms with Crippen LogP contribution < -0.4 is 11.5 Å². The Kier molecular flexibility index (Phi) is 5.77. The molecular formula is C30H36N6. The van der Waals surface area contributed by atoms with Gasteiger partial charge in [-0.2, -0.15) is 0 Å². The molecule has 6 heteroatoms. The van der Waals surface area contributed by atoms with Gasteiger partial charge in [-0.3, -0.25) is 0 Å². The van der Waals surface area contributed by atoms with Crippen molar-refractivity contribution < 1.29 is 0 Å². The summed E-state index contributed by atoms with van der Waals surface area (Å²) in [5.41, 5.74) is 16.8. The molecular weight excluding hydrogens is 444 g/mol. The second kappa shape index (κ2) is 8.57. The van der Waals surface area contributed by atoms with Crippen LogP contribution in [0.5, 0.6) is 0 Å². The lowest BCUT2D eigenvalue weighted by Crippen LogP contribution is -2.27. The Morgan fingerprint density at radius 2 is 0.972 bits per heavy atom. The Hall–Kier alpha value is -3.48. The van der Waals surface area contributed by atoms with E-state index in [1.807, 2.05) is 12.4 Å². The minimum Gasteiger partial charge on any atom is -0.341 e. The van der Waals surface area contributed by atoms with Gasteiger partial charge in [0.15, 0.2) is 0 Å². The molecule has 5 rings (SSSR count). The van der Waals surface area contributed by atoms with E-state index in [2.05, 4.69) is 110 Å². The van der Waals surface area contributed by atoms with E-state index < -0.39 is 0 Å². The highest BCUT2D eigenvalue weighted by atomic mass is 15.0. The number of H-pyrrole nitrogens is 2. The van der Waals surface area contributed by atoms with Crippen molar-refractivity contribution >= 4 is 21.5 Å². The van der Waals surface area contributed by atoms with Crippen molar-refractivity contribution in [2.24, 2.45) is 22.3 Å². The molecule has 5 aromatic rings. The van der Waals surface area contributed by atoms with E-state index >= 15 is 0 Å². The molecule has 0 radical (unpaired) electrons. The number of imidazole rings is 2. The number of aromatic nitrogens is 4. The normalized spacial score (nSPS) is 14.4. The fraction of sp³-hybridized carbons (Fsp3) is 0.333. The van der Waals surface area contributed by atoms with Crippen LogP contribution in [0, 0.1) is 10.8 Å². The fourth-order valence-corrected chi connectivity index (χ4v) is 4.44. The van der Waals surface area contributed by atoms with E-state index in [-0.39, 0.29) is 22.9 Å². The number of nitrogens with one attached hydrogen (secondary N) is 2. The van der Waals surface area contributed by atoms with Gasteiger partial charge in [0.2, 0.25) is 0 Å². The van der Waals surface area contributed by atoms with Crippen molar-refractivity contribution in [3.05, 3.63) is 72.6 Å². The van der Waals surface area contributed by atoms with Gasteiger partial charge in [0.05, 0.1) is 35.9 Å². The number of nitrogens with two attached hydrogens (primary N) is 2. The minimum absolute atomic E-state index is 0.0628. The predicted octanol–water partition coefficient (Wildman–Crippen LogP) is 6.87. The van der Waals surface area contributed by atoms with Gasteiger partial charge in [-0.05, 0) is 56.6 Å². The maximum Gasteiger partial charge on any atom is 0.124 e. The van der Waals surface area contributed by atoms with E-state index in [9.17, 15) is 0 Å². The highest BCUT2D eigenvalue weighted by molar-refractivity contribution is 6.00. The van der Waals surface area contributed by atoms with Gasteiger partial charge in [-0.25, -0.2) is 9.97 Å². The Balaban J connectivity index is 1.47. The van der Waals surface area contributed by atoms with Crippen LogP contribution in [0.3, 0.4) is 0 Å². The van der Waals surface area contributed by atoms with Gasteiger partial charge in [-0.15, -0.1) is 0 Å². The van der Waals surface area contributed by atoms with Crippen molar-refractivity contribution in [3.63, 3.8) is 0 Å². The van der Waals surface area contributed by atoms with Crippen LogP contribution in [-0.2, 0) is 0 Å². The first kappa shape index (κ1) is 24.2. The smallest absolute Gasteiger partial charge is 0.124 e. The van der Waals surface area contributed by atoms with Crippen LogP contribution >= 0.6 is 0 Å². The molecule has 0 fully saturated rings. The van der Waals surface area contributed by atoms with E-state index in [1.54, 1.807) is 0 Å². The van der Waals surface area contributed by atoms with Crippen molar-refractivity contribution in [2.75, 3.05) is 0 Å². The SMILES string of the molecule is CC(C)(C)C(N)c1ncc(-c2ccc3cc4cc(-c5cnc(C(N)C(C)(C)C)[nH]5)ccc4cc3c2)[nH]1. The highest BCUT2D eigenvalue weighted by Gasteiger charge is 2.26. The second-order valence-electron chi connectivity index (χ2n) is 12.0. The fourth-order valence-electron chi connectivity index (χ4n) is 4.44. The Morgan fingerprint density at radius 1 is 0.583 bits per heavy atom.